The third-order valence-electron chi connectivity index (χ3n) is 1.93. The molecular weight excluding hydrogens is 218 g/mol. The number of likely N-dealkylation sites (N-methyl/N-ethyl adjacent to an activating group) is 1. The van der Waals surface area contributed by atoms with E-state index in [1.807, 2.05) is 6.92 Å². The van der Waals surface area contributed by atoms with Gasteiger partial charge in [0, 0.05) is 19.6 Å². The van der Waals surface area contributed by atoms with Gasteiger partial charge in [-0.15, -0.1) is 0 Å². The summed E-state index contributed by atoms with van der Waals surface area (Å²) in [5.41, 5.74) is 6.11. The number of nitrogens with two attached hydrogens (primary N) is 1. The van der Waals surface area contributed by atoms with Crippen LogP contribution in [0, 0.1) is 0 Å². The third-order valence-corrected chi connectivity index (χ3v) is 1.93. The summed E-state index contributed by atoms with van der Waals surface area (Å²) in [6.45, 7) is 11.9. The molecule has 0 bridgehead atoms. The van der Waals surface area contributed by atoms with Gasteiger partial charge in [0.25, 0.3) is 6.41 Å². The quantitative estimate of drug-likeness (QED) is 0.188. The molecule has 0 heterocycles. The molecular formula is C12H23N3O2. The predicted molar refractivity (Wildman–Crippen MR) is 70.1 cm³/mol. The van der Waals surface area contributed by atoms with Crippen molar-refractivity contribution in [3.8, 4) is 0 Å². The first-order valence-electron chi connectivity index (χ1n) is 5.64. The molecule has 0 radical (unpaired) electrons. The molecule has 0 saturated carbocycles. The maximum absolute atomic E-state index is 9.52. The molecule has 0 amide bonds. The number of hydrogen-bond donors (Lipinski definition) is 4. The van der Waals surface area contributed by atoms with Gasteiger partial charge in [0.1, 0.15) is 5.76 Å². The molecule has 1 atom stereocenters. The summed E-state index contributed by atoms with van der Waals surface area (Å²) in [5.74, 6) is 0.434. The van der Waals surface area contributed by atoms with E-state index in [2.05, 4.69) is 23.8 Å². The number of nitrogens with one attached hydrogen (secondary N) is 2. The number of allylic oxidation sites excluding steroid dienone is 1. The van der Waals surface area contributed by atoms with E-state index < -0.39 is 6.41 Å². The standard InChI is InChI=1S/C12H23N3O2/c1-4-11(8-10(3)9-13)17-12(16)15-7-6-14-5-2/h4,8,12,14-16H,1,3,5-7,9,13H2,2H3/b11-8+. The maximum Gasteiger partial charge on any atom is 0.257 e. The number of hydrogen-bond acceptors (Lipinski definition) is 5. The fourth-order valence-electron chi connectivity index (χ4n) is 1.03. The Morgan fingerprint density at radius 1 is 1.53 bits per heavy atom. The van der Waals surface area contributed by atoms with E-state index in [9.17, 15) is 5.11 Å². The lowest BCUT2D eigenvalue weighted by molar-refractivity contribution is -0.0837. The van der Waals surface area contributed by atoms with Gasteiger partial charge in [-0.1, -0.05) is 20.1 Å². The van der Waals surface area contributed by atoms with E-state index >= 15 is 0 Å². The summed E-state index contributed by atoms with van der Waals surface area (Å²) < 4.78 is 5.20. The molecule has 0 aromatic heterocycles. The molecule has 5 heteroatoms. The zero-order chi connectivity index (χ0) is 13.1. The molecule has 0 fully saturated rings. The summed E-state index contributed by atoms with van der Waals surface area (Å²) in [7, 11) is 0. The highest BCUT2D eigenvalue weighted by atomic mass is 16.6. The molecule has 98 valence electrons. The SMILES string of the molecule is C=C/C(=C\C(=C)CN)OC(O)NCCNCC. The van der Waals surface area contributed by atoms with Gasteiger partial charge in [-0.2, -0.15) is 0 Å². The van der Waals surface area contributed by atoms with Crippen LogP contribution in [0.1, 0.15) is 6.92 Å². The Kier molecular flexibility index (Phi) is 9.37. The highest BCUT2D eigenvalue weighted by molar-refractivity contribution is 5.24. The Bertz CT molecular complexity index is 264. The normalized spacial score (nSPS) is 13.2. The molecule has 0 aromatic rings. The van der Waals surface area contributed by atoms with Crippen LogP contribution in [0.5, 0.6) is 0 Å². The first kappa shape index (κ1) is 15.9. The minimum absolute atomic E-state index is 0.338. The van der Waals surface area contributed by atoms with Gasteiger partial charge < -0.3 is 20.9 Å². The Labute approximate surface area is 103 Å². The van der Waals surface area contributed by atoms with Gasteiger partial charge in [0.2, 0.25) is 0 Å². The van der Waals surface area contributed by atoms with Crippen LogP contribution >= 0.6 is 0 Å². The zero-order valence-electron chi connectivity index (χ0n) is 10.4. The van der Waals surface area contributed by atoms with E-state index in [4.69, 9.17) is 10.5 Å². The smallest absolute Gasteiger partial charge is 0.257 e. The molecule has 0 aromatic carbocycles. The van der Waals surface area contributed by atoms with Crippen LogP contribution < -0.4 is 16.4 Å². The van der Waals surface area contributed by atoms with Crippen molar-refractivity contribution in [3.05, 3.63) is 36.6 Å². The van der Waals surface area contributed by atoms with E-state index in [0.29, 0.717) is 24.4 Å². The van der Waals surface area contributed by atoms with Gasteiger partial charge in [0.05, 0.1) is 0 Å². The van der Waals surface area contributed by atoms with Crippen molar-refractivity contribution in [2.75, 3.05) is 26.2 Å². The maximum atomic E-state index is 9.52. The Morgan fingerprint density at radius 2 is 2.24 bits per heavy atom. The van der Waals surface area contributed by atoms with Crippen LogP contribution in [0.15, 0.2) is 36.6 Å². The molecule has 0 saturated heterocycles. The Morgan fingerprint density at radius 3 is 2.76 bits per heavy atom. The molecule has 5 nitrogen and oxygen atoms in total. The van der Waals surface area contributed by atoms with Crippen LogP contribution in [0.3, 0.4) is 0 Å². The third kappa shape index (κ3) is 8.65. The number of aliphatic hydroxyl groups is 1. The van der Waals surface area contributed by atoms with Gasteiger partial charge in [-0.25, -0.2) is 0 Å². The topological polar surface area (TPSA) is 79.5 Å². The molecule has 0 rings (SSSR count). The number of ether oxygens (including phenoxy) is 1. The Balaban J connectivity index is 3.98. The summed E-state index contributed by atoms with van der Waals surface area (Å²) in [6.07, 6.45) is 2.07. The van der Waals surface area contributed by atoms with Crippen LogP contribution in [0.2, 0.25) is 0 Å². The summed E-state index contributed by atoms with van der Waals surface area (Å²) in [5, 5.41) is 15.4. The van der Waals surface area contributed by atoms with Gasteiger partial charge in [-0.3, -0.25) is 5.32 Å². The first-order chi connectivity index (χ1) is 8.13. The average molecular weight is 241 g/mol. The van der Waals surface area contributed by atoms with Gasteiger partial charge in [-0.05, 0) is 24.3 Å². The predicted octanol–water partition coefficient (Wildman–Crippen LogP) is 0.0628. The van der Waals surface area contributed by atoms with E-state index in [1.54, 1.807) is 6.08 Å². The second kappa shape index (κ2) is 10.0. The lowest BCUT2D eigenvalue weighted by Gasteiger charge is -2.15. The Hall–Kier alpha value is -1.14. The molecule has 0 aliphatic carbocycles. The molecule has 0 spiro atoms. The van der Waals surface area contributed by atoms with Gasteiger partial charge >= 0.3 is 0 Å². The molecule has 17 heavy (non-hydrogen) atoms. The number of aliphatic hydroxyl groups excluding tert-OH is 1. The molecule has 1 unspecified atom stereocenters. The molecule has 0 aliphatic rings. The van der Waals surface area contributed by atoms with Crippen molar-refractivity contribution < 1.29 is 9.84 Å². The minimum atomic E-state index is -1.07. The van der Waals surface area contributed by atoms with Crippen molar-refractivity contribution in [2.24, 2.45) is 5.73 Å². The van der Waals surface area contributed by atoms with Crippen LogP contribution in [0.25, 0.3) is 0 Å². The van der Waals surface area contributed by atoms with Crippen molar-refractivity contribution in [3.63, 3.8) is 0 Å². The summed E-state index contributed by atoms with van der Waals surface area (Å²) >= 11 is 0. The highest BCUT2D eigenvalue weighted by Gasteiger charge is 2.04. The van der Waals surface area contributed by atoms with Crippen molar-refractivity contribution in [1.82, 2.24) is 10.6 Å². The molecule has 5 N–H and O–H groups in total. The highest BCUT2D eigenvalue weighted by Crippen LogP contribution is 2.04. The first-order valence-corrected chi connectivity index (χ1v) is 5.64. The minimum Gasteiger partial charge on any atom is -0.452 e. The van der Waals surface area contributed by atoms with Gasteiger partial charge in [0.15, 0.2) is 0 Å². The zero-order valence-corrected chi connectivity index (χ0v) is 10.4. The van der Waals surface area contributed by atoms with Crippen LogP contribution in [-0.4, -0.2) is 37.7 Å². The fourth-order valence-corrected chi connectivity index (χ4v) is 1.03. The van der Waals surface area contributed by atoms with Crippen molar-refractivity contribution >= 4 is 0 Å². The lowest BCUT2D eigenvalue weighted by atomic mass is 10.2. The fraction of sp³-hybridized carbons (Fsp3) is 0.500. The second-order valence-electron chi connectivity index (χ2n) is 3.39. The van der Waals surface area contributed by atoms with E-state index in [0.717, 1.165) is 13.1 Å². The van der Waals surface area contributed by atoms with Crippen LogP contribution in [0.4, 0.5) is 0 Å². The number of rotatable bonds is 10. The van der Waals surface area contributed by atoms with Crippen molar-refractivity contribution in [2.45, 2.75) is 13.3 Å². The average Bonchev–Trinajstić information content (AvgIpc) is 2.33. The summed E-state index contributed by atoms with van der Waals surface area (Å²) in [6, 6.07) is 0. The van der Waals surface area contributed by atoms with E-state index in [1.165, 1.54) is 6.08 Å². The monoisotopic (exact) mass is 241 g/mol. The lowest BCUT2D eigenvalue weighted by Crippen LogP contribution is -2.36. The summed E-state index contributed by atoms with van der Waals surface area (Å²) in [4.78, 5) is 0. The van der Waals surface area contributed by atoms with E-state index in [-0.39, 0.29) is 0 Å². The van der Waals surface area contributed by atoms with Crippen LogP contribution in [-0.2, 0) is 4.74 Å². The van der Waals surface area contributed by atoms with Crippen molar-refractivity contribution in [1.29, 1.82) is 0 Å². The largest absolute Gasteiger partial charge is 0.452 e. The molecule has 0 aliphatic heterocycles. The second-order valence-corrected chi connectivity index (χ2v) is 3.39.